The molecule has 0 spiro atoms. The van der Waals surface area contributed by atoms with Gasteiger partial charge in [0.05, 0.1) is 5.60 Å². The third-order valence-electron chi connectivity index (χ3n) is 3.71. The Kier molecular flexibility index (Phi) is 2.82. The van der Waals surface area contributed by atoms with Gasteiger partial charge < -0.3 is 5.11 Å². The fourth-order valence-corrected chi connectivity index (χ4v) is 2.60. The first-order valence-corrected chi connectivity index (χ1v) is 5.18. The molecule has 0 aromatic heterocycles. The van der Waals surface area contributed by atoms with Gasteiger partial charge in [-0.3, -0.25) is 0 Å². The maximum Gasteiger partial charge on any atom is 0.0675 e. The predicted octanol–water partition coefficient (Wildman–Crippen LogP) is 2.83. The lowest BCUT2D eigenvalue weighted by Gasteiger charge is -2.44. The summed E-state index contributed by atoms with van der Waals surface area (Å²) in [6.07, 6.45) is 3.69. The van der Waals surface area contributed by atoms with Gasteiger partial charge in [-0.2, -0.15) is 0 Å². The second kappa shape index (κ2) is 3.37. The highest BCUT2D eigenvalue weighted by Crippen LogP contribution is 2.41. The van der Waals surface area contributed by atoms with E-state index in [0.717, 1.165) is 0 Å². The van der Waals surface area contributed by atoms with Crippen molar-refractivity contribution in [1.29, 1.82) is 0 Å². The quantitative estimate of drug-likeness (QED) is 0.641. The summed E-state index contributed by atoms with van der Waals surface area (Å²) in [7, 11) is 0. The van der Waals surface area contributed by atoms with Crippen LogP contribution in [0.4, 0.5) is 0 Å². The molecule has 1 heteroatoms. The molecular weight excluding hydrogens is 148 g/mol. The summed E-state index contributed by atoms with van der Waals surface area (Å²) in [5.41, 5.74) is -0.424. The van der Waals surface area contributed by atoms with E-state index in [0.29, 0.717) is 17.8 Å². The Balaban J connectivity index is 2.72. The molecule has 0 unspecified atom stereocenters. The molecule has 0 amide bonds. The van der Waals surface area contributed by atoms with E-state index in [4.69, 9.17) is 0 Å². The van der Waals surface area contributed by atoms with Gasteiger partial charge in [-0.15, -0.1) is 0 Å². The molecule has 1 rings (SSSR count). The Morgan fingerprint density at radius 2 is 1.92 bits per heavy atom. The van der Waals surface area contributed by atoms with Gasteiger partial charge in [0.2, 0.25) is 0 Å². The average Bonchev–Trinajstić information content (AvgIpc) is 1.94. The molecule has 12 heavy (non-hydrogen) atoms. The second-order valence-corrected chi connectivity index (χ2v) is 4.91. The molecule has 1 saturated carbocycles. The lowest BCUT2D eigenvalue weighted by Crippen LogP contribution is -2.46. The minimum atomic E-state index is -0.424. The summed E-state index contributed by atoms with van der Waals surface area (Å²) in [5, 5.41) is 10.3. The second-order valence-electron chi connectivity index (χ2n) is 4.91. The number of rotatable bonds is 1. The van der Waals surface area contributed by atoms with E-state index in [9.17, 15) is 5.11 Å². The molecule has 1 aliphatic carbocycles. The smallest absolute Gasteiger partial charge is 0.0675 e. The summed E-state index contributed by atoms with van der Waals surface area (Å²) in [4.78, 5) is 0. The van der Waals surface area contributed by atoms with Gasteiger partial charge >= 0.3 is 0 Å². The van der Waals surface area contributed by atoms with Crippen molar-refractivity contribution in [2.24, 2.45) is 17.8 Å². The summed E-state index contributed by atoms with van der Waals surface area (Å²) in [6, 6.07) is 0. The average molecular weight is 170 g/mol. The van der Waals surface area contributed by atoms with Crippen molar-refractivity contribution >= 4 is 0 Å². The van der Waals surface area contributed by atoms with Gasteiger partial charge in [0.1, 0.15) is 0 Å². The van der Waals surface area contributed by atoms with Crippen molar-refractivity contribution in [3.63, 3.8) is 0 Å². The van der Waals surface area contributed by atoms with Crippen LogP contribution >= 0.6 is 0 Å². The van der Waals surface area contributed by atoms with Gasteiger partial charge in [0.15, 0.2) is 0 Å². The molecule has 1 N–H and O–H groups in total. The Morgan fingerprint density at radius 3 is 2.33 bits per heavy atom. The summed E-state index contributed by atoms with van der Waals surface area (Å²) in [6.45, 7) is 8.63. The molecule has 0 aromatic rings. The maximum absolute atomic E-state index is 10.3. The third-order valence-corrected chi connectivity index (χ3v) is 3.71. The molecule has 1 nitrogen and oxygen atoms in total. The molecule has 1 fully saturated rings. The lowest BCUT2D eigenvalue weighted by molar-refractivity contribution is -0.0888. The molecule has 0 heterocycles. The number of hydrogen-bond acceptors (Lipinski definition) is 1. The first-order valence-electron chi connectivity index (χ1n) is 5.18. The van der Waals surface area contributed by atoms with Crippen LogP contribution in [0, 0.1) is 17.8 Å². The van der Waals surface area contributed by atoms with E-state index in [-0.39, 0.29) is 0 Å². The normalized spacial score (nSPS) is 43.5. The standard InChI is InChI=1S/C11H22O/c1-8(2)10-7-5-6-9(3)11(10,4)12/h8-10,12H,5-7H2,1-4H3/t9-,10+,11+/m0/s1. The van der Waals surface area contributed by atoms with Crippen molar-refractivity contribution in [2.45, 2.75) is 52.6 Å². The Morgan fingerprint density at radius 1 is 1.33 bits per heavy atom. The zero-order valence-corrected chi connectivity index (χ0v) is 8.80. The van der Waals surface area contributed by atoms with Crippen LogP contribution in [0.1, 0.15) is 47.0 Å². The monoisotopic (exact) mass is 170 g/mol. The third kappa shape index (κ3) is 1.66. The molecule has 72 valence electrons. The lowest BCUT2D eigenvalue weighted by atomic mass is 9.66. The van der Waals surface area contributed by atoms with Gasteiger partial charge in [0, 0.05) is 0 Å². The molecule has 0 aromatic carbocycles. The molecule has 3 atom stereocenters. The topological polar surface area (TPSA) is 20.2 Å². The zero-order valence-electron chi connectivity index (χ0n) is 8.80. The molecule has 1 aliphatic rings. The zero-order chi connectivity index (χ0) is 9.35. The summed E-state index contributed by atoms with van der Waals surface area (Å²) >= 11 is 0. The highest BCUT2D eigenvalue weighted by atomic mass is 16.3. The van der Waals surface area contributed by atoms with Crippen LogP contribution in [-0.2, 0) is 0 Å². The molecule has 0 saturated heterocycles. The SMILES string of the molecule is CC(C)[C@H]1CCC[C@H](C)[C@@]1(C)O. The van der Waals surface area contributed by atoms with Crippen molar-refractivity contribution in [3.05, 3.63) is 0 Å². The largest absolute Gasteiger partial charge is 0.390 e. The van der Waals surface area contributed by atoms with Gasteiger partial charge in [-0.1, -0.05) is 27.2 Å². The molecule has 0 radical (unpaired) electrons. The van der Waals surface area contributed by atoms with E-state index in [1.165, 1.54) is 19.3 Å². The van der Waals surface area contributed by atoms with Gasteiger partial charge in [-0.05, 0) is 37.5 Å². The van der Waals surface area contributed by atoms with Crippen molar-refractivity contribution < 1.29 is 5.11 Å². The molecule has 0 bridgehead atoms. The Hall–Kier alpha value is -0.0400. The fourth-order valence-electron chi connectivity index (χ4n) is 2.60. The van der Waals surface area contributed by atoms with Crippen molar-refractivity contribution in [3.8, 4) is 0 Å². The highest BCUT2D eigenvalue weighted by Gasteiger charge is 2.41. The van der Waals surface area contributed by atoms with E-state index in [1.807, 2.05) is 6.92 Å². The Labute approximate surface area is 76.2 Å². The summed E-state index contributed by atoms with van der Waals surface area (Å²) in [5.74, 6) is 1.59. The van der Waals surface area contributed by atoms with Gasteiger partial charge in [0.25, 0.3) is 0 Å². The fraction of sp³-hybridized carbons (Fsp3) is 1.00. The number of aliphatic hydroxyl groups is 1. The molecule has 0 aliphatic heterocycles. The van der Waals surface area contributed by atoms with E-state index in [1.54, 1.807) is 0 Å². The van der Waals surface area contributed by atoms with Crippen LogP contribution in [0.25, 0.3) is 0 Å². The van der Waals surface area contributed by atoms with E-state index < -0.39 is 5.60 Å². The van der Waals surface area contributed by atoms with E-state index in [2.05, 4.69) is 20.8 Å². The van der Waals surface area contributed by atoms with Crippen LogP contribution in [-0.4, -0.2) is 10.7 Å². The minimum absolute atomic E-state index is 0.424. The van der Waals surface area contributed by atoms with Crippen LogP contribution < -0.4 is 0 Å². The van der Waals surface area contributed by atoms with Crippen molar-refractivity contribution in [2.75, 3.05) is 0 Å². The van der Waals surface area contributed by atoms with E-state index >= 15 is 0 Å². The first kappa shape index (κ1) is 10.0. The highest BCUT2D eigenvalue weighted by molar-refractivity contribution is 4.91. The van der Waals surface area contributed by atoms with Crippen LogP contribution in [0.2, 0.25) is 0 Å². The van der Waals surface area contributed by atoms with Crippen LogP contribution in [0.3, 0.4) is 0 Å². The van der Waals surface area contributed by atoms with Crippen molar-refractivity contribution in [1.82, 2.24) is 0 Å². The number of hydrogen-bond donors (Lipinski definition) is 1. The molecular formula is C11H22O. The van der Waals surface area contributed by atoms with Crippen LogP contribution in [0.15, 0.2) is 0 Å². The Bertz CT molecular complexity index is 149. The minimum Gasteiger partial charge on any atom is -0.390 e. The summed E-state index contributed by atoms with van der Waals surface area (Å²) < 4.78 is 0. The van der Waals surface area contributed by atoms with Gasteiger partial charge in [-0.25, -0.2) is 0 Å². The maximum atomic E-state index is 10.3. The predicted molar refractivity (Wildman–Crippen MR) is 52.0 cm³/mol. The van der Waals surface area contributed by atoms with Crippen LogP contribution in [0.5, 0.6) is 0 Å². The first-order chi connectivity index (χ1) is 5.46.